The molecule has 1 rings (SSSR count). The van der Waals surface area contributed by atoms with Crippen LogP contribution in [0.2, 0.25) is 0 Å². The number of benzene rings is 1. The fourth-order valence-electron chi connectivity index (χ4n) is 2.44. The molecule has 0 atom stereocenters. The van der Waals surface area contributed by atoms with E-state index in [1.54, 1.807) is 0 Å². The van der Waals surface area contributed by atoms with Gasteiger partial charge in [0.1, 0.15) is 5.56 Å². The van der Waals surface area contributed by atoms with Crippen LogP contribution in [0.5, 0.6) is 11.5 Å². The fraction of sp³-hybridized carbons (Fsp3) is 0.562. The highest BCUT2D eigenvalue weighted by Gasteiger charge is 2.25. The quantitative estimate of drug-likeness (QED) is 0.346. The molecular formula is C16H22Br2O4. The molecule has 0 bridgehead atoms. The molecule has 1 aromatic carbocycles. The van der Waals surface area contributed by atoms with E-state index in [4.69, 9.17) is 0 Å². The summed E-state index contributed by atoms with van der Waals surface area (Å²) in [7, 11) is 0. The number of hydrogen-bond donors (Lipinski definition) is 3. The van der Waals surface area contributed by atoms with Crippen molar-refractivity contribution in [1.29, 1.82) is 0 Å². The number of rotatable bonds is 9. The van der Waals surface area contributed by atoms with Crippen molar-refractivity contribution in [2.45, 2.75) is 58.3 Å². The Bertz CT molecular complexity index is 530. The van der Waals surface area contributed by atoms with Gasteiger partial charge in [-0.3, -0.25) is 0 Å². The van der Waals surface area contributed by atoms with Crippen LogP contribution in [0.25, 0.3) is 0 Å². The fourth-order valence-corrected chi connectivity index (χ4v) is 3.45. The lowest BCUT2D eigenvalue weighted by molar-refractivity contribution is 0.0691. The Kier molecular flexibility index (Phi) is 8.25. The van der Waals surface area contributed by atoms with Crippen LogP contribution in [-0.2, 0) is 6.42 Å². The molecule has 124 valence electrons. The van der Waals surface area contributed by atoms with Crippen molar-refractivity contribution in [2.24, 2.45) is 0 Å². The first-order chi connectivity index (χ1) is 10.4. The van der Waals surface area contributed by atoms with Gasteiger partial charge in [-0.25, -0.2) is 4.79 Å². The van der Waals surface area contributed by atoms with Crippen molar-refractivity contribution in [3.8, 4) is 11.5 Å². The lowest BCUT2D eigenvalue weighted by Crippen LogP contribution is -2.05. The first kappa shape index (κ1) is 19.3. The summed E-state index contributed by atoms with van der Waals surface area (Å²) < 4.78 is 0.777. The van der Waals surface area contributed by atoms with Gasteiger partial charge in [-0.2, -0.15) is 0 Å². The second-order valence-corrected chi connectivity index (χ2v) is 6.94. The molecule has 0 aliphatic rings. The standard InChI is InChI=1S/C16H22Br2O4/c1-2-3-4-5-6-7-8-9-10-11(16(21)22)14(19)15(20)13(18)12(10)17/h19-20H,2-9H2,1H3,(H,21,22). The smallest absolute Gasteiger partial charge is 0.339 e. The number of carbonyl (C=O) groups is 1. The Morgan fingerprint density at radius 2 is 1.45 bits per heavy atom. The molecule has 1 aromatic rings. The van der Waals surface area contributed by atoms with E-state index in [0.717, 1.165) is 19.3 Å². The molecule has 0 amide bonds. The van der Waals surface area contributed by atoms with Crippen LogP contribution >= 0.6 is 31.9 Å². The van der Waals surface area contributed by atoms with E-state index in [0.29, 0.717) is 16.5 Å². The summed E-state index contributed by atoms with van der Waals surface area (Å²) in [6.07, 6.45) is 8.46. The second-order valence-electron chi connectivity index (χ2n) is 5.36. The van der Waals surface area contributed by atoms with Crippen molar-refractivity contribution in [2.75, 3.05) is 0 Å². The molecule has 0 saturated heterocycles. The van der Waals surface area contributed by atoms with Gasteiger partial charge in [0.25, 0.3) is 0 Å². The maximum Gasteiger partial charge on any atom is 0.339 e. The molecule has 6 heteroatoms. The van der Waals surface area contributed by atoms with Crippen LogP contribution in [0.1, 0.15) is 67.8 Å². The molecule has 0 radical (unpaired) electrons. The third-order valence-electron chi connectivity index (χ3n) is 3.67. The zero-order chi connectivity index (χ0) is 16.7. The Labute approximate surface area is 147 Å². The van der Waals surface area contributed by atoms with Gasteiger partial charge in [0, 0.05) is 4.47 Å². The lowest BCUT2D eigenvalue weighted by Gasteiger charge is -2.14. The minimum Gasteiger partial charge on any atom is -0.504 e. The van der Waals surface area contributed by atoms with E-state index in [1.807, 2.05) is 0 Å². The van der Waals surface area contributed by atoms with E-state index in [-0.39, 0.29) is 10.0 Å². The molecule has 0 spiro atoms. The first-order valence-corrected chi connectivity index (χ1v) is 9.15. The second kappa shape index (κ2) is 9.40. The number of carboxylic acid groups (broad SMARTS) is 1. The van der Waals surface area contributed by atoms with Gasteiger partial charge in [-0.05, 0) is 50.3 Å². The van der Waals surface area contributed by atoms with E-state index in [9.17, 15) is 20.1 Å². The number of carboxylic acids is 1. The van der Waals surface area contributed by atoms with Crippen LogP contribution in [-0.4, -0.2) is 21.3 Å². The average molecular weight is 438 g/mol. The summed E-state index contributed by atoms with van der Waals surface area (Å²) in [5, 5.41) is 28.9. The van der Waals surface area contributed by atoms with Crippen LogP contribution in [0.3, 0.4) is 0 Å². The number of aromatic carboxylic acids is 1. The third-order valence-corrected chi connectivity index (χ3v) is 5.85. The highest BCUT2D eigenvalue weighted by molar-refractivity contribution is 9.13. The largest absolute Gasteiger partial charge is 0.504 e. The SMILES string of the molecule is CCCCCCCCCc1c(Br)c(Br)c(O)c(O)c1C(=O)O. The van der Waals surface area contributed by atoms with E-state index >= 15 is 0 Å². The zero-order valence-electron chi connectivity index (χ0n) is 12.7. The molecular weight excluding hydrogens is 416 g/mol. The van der Waals surface area contributed by atoms with Gasteiger partial charge in [0.2, 0.25) is 0 Å². The van der Waals surface area contributed by atoms with Gasteiger partial charge in [-0.1, -0.05) is 45.4 Å². The summed E-state index contributed by atoms with van der Waals surface area (Å²) in [5.41, 5.74) is 0.293. The average Bonchev–Trinajstić information content (AvgIpc) is 2.48. The molecule has 0 aliphatic carbocycles. The Hall–Kier alpha value is -0.750. The van der Waals surface area contributed by atoms with Crippen LogP contribution in [0.4, 0.5) is 0 Å². The maximum absolute atomic E-state index is 11.4. The number of aromatic hydroxyl groups is 2. The van der Waals surface area contributed by atoms with Gasteiger partial charge < -0.3 is 15.3 Å². The van der Waals surface area contributed by atoms with Crippen molar-refractivity contribution in [3.05, 3.63) is 20.1 Å². The predicted molar refractivity (Wildman–Crippen MR) is 93.8 cm³/mol. The molecule has 0 heterocycles. The summed E-state index contributed by atoms with van der Waals surface area (Å²) in [6, 6.07) is 0. The topological polar surface area (TPSA) is 77.8 Å². The number of hydrogen-bond acceptors (Lipinski definition) is 3. The third kappa shape index (κ3) is 4.88. The minimum absolute atomic E-state index is 0.224. The summed E-state index contributed by atoms with van der Waals surface area (Å²) in [6.45, 7) is 2.18. The number of unbranched alkanes of at least 4 members (excludes halogenated alkanes) is 6. The molecule has 0 aliphatic heterocycles. The normalized spacial score (nSPS) is 10.9. The van der Waals surface area contributed by atoms with Gasteiger partial charge >= 0.3 is 5.97 Å². The summed E-state index contributed by atoms with van der Waals surface area (Å²) >= 11 is 6.47. The van der Waals surface area contributed by atoms with Gasteiger partial charge in [-0.15, -0.1) is 0 Å². The highest BCUT2D eigenvalue weighted by atomic mass is 79.9. The van der Waals surface area contributed by atoms with E-state index in [1.165, 1.54) is 25.7 Å². The van der Waals surface area contributed by atoms with Gasteiger partial charge in [0.15, 0.2) is 11.5 Å². The van der Waals surface area contributed by atoms with Crippen LogP contribution in [0.15, 0.2) is 8.95 Å². The summed E-state index contributed by atoms with van der Waals surface area (Å²) in [4.78, 5) is 11.4. The maximum atomic E-state index is 11.4. The summed E-state index contributed by atoms with van der Waals surface area (Å²) in [5.74, 6) is -2.27. The molecule has 0 unspecified atom stereocenters. The Morgan fingerprint density at radius 3 is 2.00 bits per heavy atom. The van der Waals surface area contributed by atoms with E-state index in [2.05, 4.69) is 38.8 Å². The van der Waals surface area contributed by atoms with E-state index < -0.39 is 17.5 Å². The molecule has 22 heavy (non-hydrogen) atoms. The predicted octanol–water partition coefficient (Wildman–Crippen LogP) is 5.61. The first-order valence-electron chi connectivity index (χ1n) is 7.56. The zero-order valence-corrected chi connectivity index (χ0v) is 15.8. The monoisotopic (exact) mass is 436 g/mol. The molecule has 0 aromatic heterocycles. The van der Waals surface area contributed by atoms with Crippen molar-refractivity contribution in [3.63, 3.8) is 0 Å². The van der Waals surface area contributed by atoms with Gasteiger partial charge in [0.05, 0.1) is 4.47 Å². The number of phenols is 2. The Morgan fingerprint density at radius 1 is 0.909 bits per heavy atom. The number of phenolic OH excluding ortho intramolecular Hbond substituents is 1. The van der Waals surface area contributed by atoms with Crippen molar-refractivity contribution in [1.82, 2.24) is 0 Å². The molecule has 0 fully saturated rings. The molecule has 3 N–H and O–H groups in total. The molecule has 0 saturated carbocycles. The molecule has 4 nitrogen and oxygen atoms in total. The van der Waals surface area contributed by atoms with Crippen LogP contribution < -0.4 is 0 Å². The van der Waals surface area contributed by atoms with Crippen molar-refractivity contribution >= 4 is 37.8 Å². The minimum atomic E-state index is -1.24. The van der Waals surface area contributed by atoms with Crippen LogP contribution in [0, 0.1) is 0 Å². The number of halogens is 2. The highest BCUT2D eigenvalue weighted by Crippen LogP contribution is 2.45. The lowest BCUT2D eigenvalue weighted by atomic mass is 9.99. The Balaban J connectivity index is 2.75. The van der Waals surface area contributed by atoms with Crippen molar-refractivity contribution < 1.29 is 20.1 Å².